The van der Waals surface area contributed by atoms with Gasteiger partial charge in [0.1, 0.15) is 5.75 Å². The number of nitrogens with one attached hydrogen (secondary N) is 1. The molecule has 0 saturated heterocycles. The molecule has 0 atom stereocenters. The Morgan fingerprint density at radius 2 is 1.88 bits per heavy atom. The summed E-state index contributed by atoms with van der Waals surface area (Å²) in [7, 11) is 1.55. The number of alkyl halides is 3. The highest BCUT2D eigenvalue weighted by molar-refractivity contribution is 7.22. The van der Waals surface area contributed by atoms with Gasteiger partial charge in [-0.25, -0.2) is 4.98 Å². The van der Waals surface area contributed by atoms with E-state index in [1.54, 1.807) is 25.3 Å². The normalized spacial score (nSPS) is 11.5. The minimum atomic E-state index is -4.43. The van der Waals surface area contributed by atoms with Crippen molar-refractivity contribution < 1.29 is 22.7 Å². The second-order valence-electron chi connectivity index (χ2n) is 4.88. The number of methoxy groups -OCH3 is 1. The van der Waals surface area contributed by atoms with Crippen LogP contribution in [0, 0.1) is 0 Å². The smallest absolute Gasteiger partial charge is 0.416 e. The van der Waals surface area contributed by atoms with Crippen molar-refractivity contribution in [1.29, 1.82) is 0 Å². The van der Waals surface area contributed by atoms with Gasteiger partial charge in [-0.15, -0.1) is 0 Å². The third-order valence-corrected chi connectivity index (χ3v) is 4.22. The van der Waals surface area contributed by atoms with Gasteiger partial charge in [0.15, 0.2) is 5.13 Å². The molecule has 0 aliphatic heterocycles. The van der Waals surface area contributed by atoms with E-state index in [2.05, 4.69) is 10.3 Å². The van der Waals surface area contributed by atoms with E-state index in [0.717, 1.165) is 29.0 Å². The van der Waals surface area contributed by atoms with Crippen molar-refractivity contribution >= 4 is 32.6 Å². The van der Waals surface area contributed by atoms with Gasteiger partial charge in [-0.05, 0) is 42.5 Å². The van der Waals surface area contributed by atoms with Gasteiger partial charge in [0.25, 0.3) is 5.91 Å². The van der Waals surface area contributed by atoms with Crippen LogP contribution in [-0.2, 0) is 6.18 Å². The number of carbonyl (C=O) groups is 1. The monoisotopic (exact) mass is 352 g/mol. The molecule has 3 aromatic rings. The molecule has 0 aliphatic carbocycles. The Morgan fingerprint density at radius 3 is 2.50 bits per heavy atom. The van der Waals surface area contributed by atoms with Crippen molar-refractivity contribution in [2.24, 2.45) is 0 Å². The van der Waals surface area contributed by atoms with Gasteiger partial charge in [-0.3, -0.25) is 10.1 Å². The molecule has 0 aliphatic rings. The van der Waals surface area contributed by atoms with Gasteiger partial charge in [0.2, 0.25) is 0 Å². The topological polar surface area (TPSA) is 51.2 Å². The summed E-state index contributed by atoms with van der Waals surface area (Å²) < 4.78 is 43.5. The molecule has 0 bridgehead atoms. The Labute approximate surface area is 138 Å². The zero-order valence-electron chi connectivity index (χ0n) is 12.3. The molecule has 4 nitrogen and oxygen atoms in total. The fourth-order valence-electron chi connectivity index (χ4n) is 2.07. The van der Waals surface area contributed by atoms with Gasteiger partial charge in [0.05, 0.1) is 22.9 Å². The minimum absolute atomic E-state index is 0.125. The van der Waals surface area contributed by atoms with Gasteiger partial charge in [-0.2, -0.15) is 13.2 Å². The fourth-order valence-corrected chi connectivity index (χ4v) is 2.95. The summed E-state index contributed by atoms with van der Waals surface area (Å²) in [5.74, 6) is 0.154. The molecule has 1 heterocycles. The van der Waals surface area contributed by atoms with Crippen LogP contribution < -0.4 is 10.1 Å². The van der Waals surface area contributed by atoms with E-state index >= 15 is 0 Å². The first kappa shape index (κ1) is 16.3. The molecule has 24 heavy (non-hydrogen) atoms. The number of hydrogen-bond acceptors (Lipinski definition) is 4. The molecule has 2 aromatic carbocycles. The largest absolute Gasteiger partial charge is 0.497 e. The molecule has 1 N–H and O–H groups in total. The molecular weight excluding hydrogens is 341 g/mol. The lowest BCUT2D eigenvalue weighted by Crippen LogP contribution is -2.12. The first-order valence-corrected chi connectivity index (χ1v) is 7.61. The molecule has 1 aromatic heterocycles. The highest BCUT2D eigenvalue weighted by atomic mass is 32.1. The lowest BCUT2D eigenvalue weighted by atomic mass is 10.1. The summed E-state index contributed by atoms with van der Waals surface area (Å²) in [5.41, 5.74) is 0.0227. The van der Waals surface area contributed by atoms with Crippen LogP contribution in [0.25, 0.3) is 10.2 Å². The van der Waals surface area contributed by atoms with Crippen molar-refractivity contribution in [3.8, 4) is 5.75 Å². The van der Waals surface area contributed by atoms with Crippen LogP contribution in [0.4, 0.5) is 18.3 Å². The van der Waals surface area contributed by atoms with Crippen molar-refractivity contribution in [2.45, 2.75) is 6.18 Å². The lowest BCUT2D eigenvalue weighted by molar-refractivity contribution is -0.137. The summed E-state index contributed by atoms with van der Waals surface area (Å²) >= 11 is 1.25. The Kier molecular flexibility index (Phi) is 4.15. The average Bonchev–Trinajstić information content (AvgIpc) is 2.95. The summed E-state index contributed by atoms with van der Waals surface area (Å²) in [6.45, 7) is 0. The Hall–Kier alpha value is -2.61. The number of amides is 1. The van der Waals surface area contributed by atoms with Crippen molar-refractivity contribution in [1.82, 2.24) is 4.98 Å². The SMILES string of the molecule is COc1ccc2nc(NC(=O)c3ccc(C(F)(F)F)cc3)sc2c1. The first-order chi connectivity index (χ1) is 11.4. The van der Waals surface area contributed by atoms with Gasteiger partial charge in [-0.1, -0.05) is 11.3 Å². The summed E-state index contributed by atoms with van der Waals surface area (Å²) in [4.78, 5) is 16.4. The number of rotatable bonds is 3. The Bertz CT molecular complexity index is 888. The van der Waals surface area contributed by atoms with E-state index in [4.69, 9.17) is 4.74 Å². The predicted molar refractivity (Wildman–Crippen MR) is 85.6 cm³/mol. The molecule has 0 spiro atoms. The molecular formula is C16H11F3N2O2S. The summed E-state index contributed by atoms with van der Waals surface area (Å²) in [5, 5.41) is 2.95. The van der Waals surface area contributed by atoms with Crippen LogP contribution in [0.5, 0.6) is 5.75 Å². The van der Waals surface area contributed by atoms with E-state index in [0.29, 0.717) is 16.4 Å². The number of benzene rings is 2. The number of nitrogens with zero attached hydrogens (tertiary/aromatic N) is 1. The highest BCUT2D eigenvalue weighted by Gasteiger charge is 2.30. The highest BCUT2D eigenvalue weighted by Crippen LogP contribution is 2.30. The van der Waals surface area contributed by atoms with E-state index in [-0.39, 0.29) is 5.56 Å². The second kappa shape index (κ2) is 6.12. The summed E-state index contributed by atoms with van der Waals surface area (Å²) in [6, 6.07) is 9.32. The van der Waals surface area contributed by atoms with Crippen LogP contribution >= 0.6 is 11.3 Å². The fraction of sp³-hybridized carbons (Fsp3) is 0.125. The number of halogens is 3. The van der Waals surface area contributed by atoms with Crippen molar-refractivity contribution in [3.05, 3.63) is 53.6 Å². The standard InChI is InChI=1S/C16H11F3N2O2S/c1-23-11-6-7-12-13(8-11)24-15(20-12)21-14(22)9-2-4-10(5-3-9)16(17,18)19/h2-8H,1H3,(H,20,21,22). The molecule has 0 saturated carbocycles. The van der Waals surface area contributed by atoms with Crippen LogP contribution in [0.2, 0.25) is 0 Å². The summed E-state index contributed by atoms with van der Waals surface area (Å²) in [6.07, 6.45) is -4.43. The van der Waals surface area contributed by atoms with Crippen LogP contribution in [0.1, 0.15) is 15.9 Å². The maximum absolute atomic E-state index is 12.5. The zero-order chi connectivity index (χ0) is 17.3. The maximum Gasteiger partial charge on any atom is 0.416 e. The van der Waals surface area contributed by atoms with Crippen LogP contribution in [0.3, 0.4) is 0 Å². The molecule has 0 unspecified atom stereocenters. The number of ether oxygens (including phenoxy) is 1. The molecule has 3 rings (SSSR count). The zero-order valence-corrected chi connectivity index (χ0v) is 13.2. The average molecular weight is 352 g/mol. The van der Waals surface area contributed by atoms with Crippen LogP contribution in [0.15, 0.2) is 42.5 Å². The second-order valence-corrected chi connectivity index (χ2v) is 5.91. The van der Waals surface area contributed by atoms with Gasteiger partial charge in [0, 0.05) is 5.56 Å². The first-order valence-electron chi connectivity index (χ1n) is 6.80. The van der Waals surface area contributed by atoms with Crippen LogP contribution in [-0.4, -0.2) is 18.0 Å². The van der Waals surface area contributed by atoms with E-state index in [1.807, 2.05) is 0 Å². The quantitative estimate of drug-likeness (QED) is 0.751. The minimum Gasteiger partial charge on any atom is -0.497 e. The Balaban J connectivity index is 1.79. The maximum atomic E-state index is 12.5. The number of thiazole rings is 1. The molecule has 8 heteroatoms. The number of carbonyl (C=O) groups excluding carboxylic acids is 1. The molecule has 0 fully saturated rings. The Morgan fingerprint density at radius 1 is 1.17 bits per heavy atom. The third-order valence-electron chi connectivity index (χ3n) is 3.29. The predicted octanol–water partition coefficient (Wildman–Crippen LogP) is 4.58. The van der Waals surface area contributed by atoms with Crippen molar-refractivity contribution in [3.63, 3.8) is 0 Å². The number of anilines is 1. The van der Waals surface area contributed by atoms with E-state index < -0.39 is 17.6 Å². The lowest BCUT2D eigenvalue weighted by Gasteiger charge is -2.07. The van der Waals surface area contributed by atoms with E-state index in [9.17, 15) is 18.0 Å². The van der Waals surface area contributed by atoms with Gasteiger partial charge < -0.3 is 4.74 Å². The van der Waals surface area contributed by atoms with E-state index in [1.165, 1.54) is 11.3 Å². The molecule has 1 amide bonds. The third kappa shape index (κ3) is 3.33. The van der Waals surface area contributed by atoms with Gasteiger partial charge >= 0.3 is 6.18 Å². The number of fused-ring (bicyclic) bond motifs is 1. The molecule has 0 radical (unpaired) electrons. The number of aromatic nitrogens is 1. The number of hydrogen-bond donors (Lipinski definition) is 1. The molecule has 124 valence electrons. The van der Waals surface area contributed by atoms with Crippen molar-refractivity contribution in [2.75, 3.05) is 12.4 Å².